The van der Waals surface area contributed by atoms with Gasteiger partial charge in [0.1, 0.15) is 0 Å². The first-order valence-electron chi connectivity index (χ1n) is 3.56. The lowest BCUT2D eigenvalue weighted by Gasteiger charge is -1.90. The predicted molar refractivity (Wildman–Crippen MR) is 41.2 cm³/mol. The topological polar surface area (TPSA) is 0 Å². The van der Waals surface area contributed by atoms with Crippen LogP contribution in [-0.4, -0.2) is 0 Å². The van der Waals surface area contributed by atoms with E-state index in [1.54, 1.807) is 0 Å². The Morgan fingerprint density at radius 2 is 2.22 bits per heavy atom. The minimum absolute atomic E-state index is 0.693. The van der Waals surface area contributed by atoms with Crippen LogP contribution in [-0.2, 0) is 0 Å². The molecule has 50 valence electrons. The van der Waals surface area contributed by atoms with Gasteiger partial charge in [-0.3, -0.25) is 0 Å². The zero-order chi connectivity index (χ0) is 6.85. The van der Waals surface area contributed by atoms with E-state index in [-0.39, 0.29) is 0 Å². The molecule has 1 rings (SSSR count). The number of rotatable bonds is 2. The van der Waals surface area contributed by atoms with E-state index >= 15 is 0 Å². The van der Waals surface area contributed by atoms with Crippen molar-refractivity contribution in [3.05, 3.63) is 24.3 Å². The summed E-state index contributed by atoms with van der Waals surface area (Å²) < 4.78 is 0. The summed E-state index contributed by atoms with van der Waals surface area (Å²) in [5.74, 6) is 1.42. The number of hydrogen-bond acceptors (Lipinski definition) is 0. The van der Waals surface area contributed by atoms with Gasteiger partial charge in [0.2, 0.25) is 0 Å². The standard InChI is InChI=1S/C9H14/c1-7(2)4-5-9-6-8(9)3/h4-5,7,9H,3,6H2,1-2H3. The van der Waals surface area contributed by atoms with Crippen LogP contribution in [0.4, 0.5) is 0 Å². The second-order valence-electron chi connectivity index (χ2n) is 3.10. The maximum absolute atomic E-state index is 3.87. The molecule has 0 nitrogen and oxygen atoms in total. The normalized spacial score (nSPS) is 26.1. The van der Waals surface area contributed by atoms with Crippen LogP contribution in [0.3, 0.4) is 0 Å². The lowest BCUT2D eigenvalue weighted by Crippen LogP contribution is -1.76. The molecule has 0 bridgehead atoms. The van der Waals surface area contributed by atoms with Gasteiger partial charge >= 0.3 is 0 Å². The Kier molecular flexibility index (Phi) is 1.75. The highest BCUT2D eigenvalue weighted by Gasteiger charge is 2.23. The van der Waals surface area contributed by atoms with E-state index in [0.717, 1.165) is 5.92 Å². The molecule has 0 aliphatic heterocycles. The molecule has 0 heterocycles. The molecule has 1 unspecified atom stereocenters. The van der Waals surface area contributed by atoms with Gasteiger partial charge in [0, 0.05) is 5.92 Å². The van der Waals surface area contributed by atoms with Crippen molar-refractivity contribution in [3.63, 3.8) is 0 Å². The molecule has 1 aliphatic carbocycles. The predicted octanol–water partition coefficient (Wildman–Crippen LogP) is 2.77. The van der Waals surface area contributed by atoms with E-state index < -0.39 is 0 Å². The third kappa shape index (κ3) is 2.05. The van der Waals surface area contributed by atoms with Gasteiger partial charge in [-0.2, -0.15) is 0 Å². The zero-order valence-corrected chi connectivity index (χ0v) is 6.22. The molecule has 0 aromatic heterocycles. The van der Waals surface area contributed by atoms with E-state index in [0.29, 0.717) is 5.92 Å². The van der Waals surface area contributed by atoms with E-state index in [2.05, 4.69) is 32.6 Å². The quantitative estimate of drug-likeness (QED) is 0.494. The van der Waals surface area contributed by atoms with Crippen LogP contribution in [0, 0.1) is 11.8 Å². The second kappa shape index (κ2) is 2.38. The van der Waals surface area contributed by atoms with Crippen LogP contribution in [0.25, 0.3) is 0 Å². The van der Waals surface area contributed by atoms with Gasteiger partial charge in [0.15, 0.2) is 0 Å². The minimum Gasteiger partial charge on any atom is -0.0992 e. The van der Waals surface area contributed by atoms with Crippen molar-refractivity contribution in [1.82, 2.24) is 0 Å². The van der Waals surface area contributed by atoms with Crippen LogP contribution in [0.2, 0.25) is 0 Å². The first-order valence-corrected chi connectivity index (χ1v) is 3.56. The Labute approximate surface area is 57.3 Å². The average molecular weight is 122 g/mol. The maximum Gasteiger partial charge on any atom is 0.00118 e. The highest BCUT2D eigenvalue weighted by molar-refractivity contribution is 5.25. The third-order valence-electron chi connectivity index (χ3n) is 1.57. The highest BCUT2D eigenvalue weighted by atomic mass is 14.3. The summed E-state index contributed by atoms with van der Waals surface area (Å²) in [4.78, 5) is 0. The monoisotopic (exact) mass is 122 g/mol. The van der Waals surface area contributed by atoms with E-state index in [4.69, 9.17) is 0 Å². The number of allylic oxidation sites excluding steroid dienone is 3. The number of hydrogen-bond donors (Lipinski definition) is 0. The van der Waals surface area contributed by atoms with Gasteiger partial charge in [-0.05, 0) is 12.3 Å². The molecule has 0 spiro atoms. The van der Waals surface area contributed by atoms with Crippen molar-refractivity contribution < 1.29 is 0 Å². The van der Waals surface area contributed by atoms with Crippen LogP contribution in [0.1, 0.15) is 20.3 Å². The average Bonchev–Trinajstić information content (AvgIpc) is 2.42. The Morgan fingerprint density at radius 3 is 2.56 bits per heavy atom. The Morgan fingerprint density at radius 1 is 1.67 bits per heavy atom. The van der Waals surface area contributed by atoms with Crippen molar-refractivity contribution >= 4 is 0 Å². The first kappa shape index (κ1) is 6.60. The fourth-order valence-corrected chi connectivity index (χ4v) is 0.784. The molecule has 9 heavy (non-hydrogen) atoms. The maximum atomic E-state index is 3.87. The smallest absolute Gasteiger partial charge is 0.00118 e. The molecule has 1 atom stereocenters. The molecule has 0 radical (unpaired) electrons. The second-order valence-corrected chi connectivity index (χ2v) is 3.10. The Bertz CT molecular complexity index is 140. The van der Waals surface area contributed by atoms with Crippen LogP contribution >= 0.6 is 0 Å². The molecule has 0 saturated heterocycles. The van der Waals surface area contributed by atoms with Crippen molar-refractivity contribution in [1.29, 1.82) is 0 Å². The van der Waals surface area contributed by atoms with E-state index in [1.807, 2.05) is 0 Å². The summed E-state index contributed by atoms with van der Waals surface area (Å²) in [7, 11) is 0. The molecule has 0 aromatic rings. The molecule has 1 saturated carbocycles. The summed E-state index contributed by atoms with van der Waals surface area (Å²) in [5, 5.41) is 0. The Hall–Kier alpha value is -0.520. The molecule has 0 aromatic carbocycles. The van der Waals surface area contributed by atoms with Crippen LogP contribution in [0.5, 0.6) is 0 Å². The van der Waals surface area contributed by atoms with Crippen LogP contribution in [0.15, 0.2) is 24.3 Å². The van der Waals surface area contributed by atoms with Gasteiger partial charge in [0.05, 0.1) is 0 Å². The zero-order valence-electron chi connectivity index (χ0n) is 6.22. The summed E-state index contributed by atoms with van der Waals surface area (Å²) in [6.07, 6.45) is 5.75. The van der Waals surface area contributed by atoms with Gasteiger partial charge < -0.3 is 0 Å². The molecular weight excluding hydrogens is 108 g/mol. The molecular formula is C9H14. The summed E-state index contributed by atoms with van der Waals surface area (Å²) >= 11 is 0. The fraction of sp³-hybridized carbons (Fsp3) is 0.556. The largest absolute Gasteiger partial charge is 0.0992 e. The van der Waals surface area contributed by atoms with Gasteiger partial charge in [-0.1, -0.05) is 38.2 Å². The third-order valence-corrected chi connectivity index (χ3v) is 1.57. The van der Waals surface area contributed by atoms with Crippen LogP contribution < -0.4 is 0 Å². The first-order chi connectivity index (χ1) is 4.20. The SMILES string of the molecule is C=C1CC1C=CC(C)C. The van der Waals surface area contributed by atoms with Crippen molar-refractivity contribution in [3.8, 4) is 0 Å². The molecule has 1 fully saturated rings. The molecule has 0 N–H and O–H groups in total. The fourth-order valence-electron chi connectivity index (χ4n) is 0.784. The van der Waals surface area contributed by atoms with Crippen molar-refractivity contribution in [2.24, 2.45) is 11.8 Å². The minimum atomic E-state index is 0.693. The lowest BCUT2D eigenvalue weighted by atomic mass is 10.2. The van der Waals surface area contributed by atoms with E-state index in [9.17, 15) is 0 Å². The van der Waals surface area contributed by atoms with Crippen molar-refractivity contribution in [2.75, 3.05) is 0 Å². The lowest BCUT2D eigenvalue weighted by molar-refractivity contribution is 0.824. The van der Waals surface area contributed by atoms with Gasteiger partial charge in [-0.15, -0.1) is 0 Å². The van der Waals surface area contributed by atoms with Gasteiger partial charge in [0.25, 0.3) is 0 Å². The summed E-state index contributed by atoms with van der Waals surface area (Å²) in [5.41, 5.74) is 1.40. The molecule has 1 aliphatic rings. The molecule has 0 heteroatoms. The molecule has 0 amide bonds. The highest BCUT2D eigenvalue weighted by Crippen LogP contribution is 2.36. The van der Waals surface area contributed by atoms with E-state index in [1.165, 1.54) is 12.0 Å². The van der Waals surface area contributed by atoms with Gasteiger partial charge in [-0.25, -0.2) is 0 Å². The summed E-state index contributed by atoms with van der Waals surface area (Å²) in [6, 6.07) is 0. The summed E-state index contributed by atoms with van der Waals surface area (Å²) in [6.45, 7) is 8.27. The Balaban J connectivity index is 2.25. The van der Waals surface area contributed by atoms with Crippen molar-refractivity contribution in [2.45, 2.75) is 20.3 Å².